The molecule has 0 spiro atoms. The third-order valence-corrected chi connectivity index (χ3v) is 3.66. The van der Waals surface area contributed by atoms with Gasteiger partial charge >= 0.3 is 5.69 Å². The number of nitrogens with zero attached hydrogens (tertiary/aromatic N) is 2. The molecule has 1 aromatic rings. The number of hydrogen-bond acceptors (Lipinski definition) is 5. The van der Waals surface area contributed by atoms with Crippen LogP contribution in [0.4, 0.5) is 5.82 Å². The average Bonchev–Trinajstić information content (AvgIpc) is 2.21. The minimum absolute atomic E-state index is 0.0265. The molecule has 0 saturated carbocycles. The summed E-state index contributed by atoms with van der Waals surface area (Å²) in [7, 11) is 0. The van der Waals surface area contributed by atoms with Crippen molar-refractivity contribution in [1.29, 1.82) is 0 Å². The predicted octanol–water partition coefficient (Wildman–Crippen LogP) is -0.234. The van der Waals surface area contributed by atoms with Gasteiger partial charge in [-0.2, -0.15) is 4.98 Å². The lowest BCUT2D eigenvalue weighted by Gasteiger charge is -2.43. The lowest BCUT2D eigenvalue weighted by atomic mass is 9.97. The van der Waals surface area contributed by atoms with Gasteiger partial charge in [0.1, 0.15) is 12.0 Å². The quantitative estimate of drug-likeness (QED) is 0.587. The Morgan fingerprint density at radius 2 is 2.44 bits per heavy atom. The molecule has 2 heterocycles. The monoisotopic (exact) mass is 337 g/mol. The fourth-order valence-corrected chi connectivity index (χ4v) is 2.72. The maximum Gasteiger partial charge on any atom is 0.351 e. The predicted molar refractivity (Wildman–Crippen MR) is 66.3 cm³/mol. The van der Waals surface area contributed by atoms with Crippen molar-refractivity contribution in [2.24, 2.45) is 5.92 Å². The third kappa shape index (κ3) is 1.94. The van der Waals surface area contributed by atoms with Crippen molar-refractivity contribution in [3.05, 3.63) is 22.7 Å². The number of aromatic nitrogens is 2. The van der Waals surface area contributed by atoms with E-state index in [-0.39, 0.29) is 30.7 Å². The number of hydrogen-bond donors (Lipinski definition) is 2. The smallest absolute Gasteiger partial charge is 0.351 e. The first kappa shape index (κ1) is 11.8. The highest BCUT2D eigenvalue weighted by Gasteiger charge is 2.42. The van der Waals surface area contributed by atoms with Crippen molar-refractivity contribution in [3.63, 3.8) is 0 Å². The molecule has 2 rings (SSSR count). The zero-order chi connectivity index (χ0) is 11.7. The van der Waals surface area contributed by atoms with Crippen LogP contribution >= 0.6 is 22.6 Å². The van der Waals surface area contributed by atoms with Crippen LogP contribution in [0.15, 0.2) is 17.1 Å². The number of aliphatic hydroxyl groups excluding tert-OH is 1. The summed E-state index contributed by atoms with van der Waals surface area (Å²) >= 11 is 2.21. The van der Waals surface area contributed by atoms with Crippen molar-refractivity contribution in [1.82, 2.24) is 9.55 Å². The molecule has 3 N–H and O–H groups in total. The van der Waals surface area contributed by atoms with E-state index in [9.17, 15) is 4.79 Å². The summed E-state index contributed by atoms with van der Waals surface area (Å²) in [6.45, 7) is -0.0265. The van der Waals surface area contributed by atoms with Crippen LogP contribution in [0.3, 0.4) is 0 Å². The van der Waals surface area contributed by atoms with Crippen molar-refractivity contribution >= 4 is 28.4 Å². The van der Waals surface area contributed by atoms with E-state index in [1.807, 2.05) is 0 Å². The van der Waals surface area contributed by atoms with E-state index in [1.165, 1.54) is 4.57 Å². The molecule has 1 aliphatic rings. The fourth-order valence-electron chi connectivity index (χ4n) is 1.72. The maximum absolute atomic E-state index is 11.6. The number of aliphatic hydroxyl groups is 1. The van der Waals surface area contributed by atoms with Gasteiger partial charge in [-0.3, -0.25) is 4.57 Å². The van der Waals surface area contributed by atoms with Gasteiger partial charge in [0.05, 0.1) is 12.7 Å². The third-order valence-electron chi connectivity index (χ3n) is 2.64. The zero-order valence-electron chi connectivity index (χ0n) is 8.41. The maximum atomic E-state index is 11.6. The molecule has 1 aromatic heterocycles. The van der Waals surface area contributed by atoms with E-state index >= 15 is 0 Å². The Kier molecular flexibility index (Phi) is 3.45. The number of alkyl halides is 1. The molecule has 3 atom stereocenters. The second-order valence-electron chi connectivity index (χ2n) is 3.61. The van der Waals surface area contributed by atoms with Crippen LogP contribution in [0.2, 0.25) is 0 Å². The Bertz CT molecular complexity index is 436. The normalized spacial score (nSPS) is 28.8. The molecule has 1 aliphatic heterocycles. The zero-order valence-corrected chi connectivity index (χ0v) is 10.6. The highest BCUT2D eigenvalue weighted by atomic mass is 127. The second-order valence-corrected chi connectivity index (χ2v) is 4.49. The van der Waals surface area contributed by atoms with E-state index < -0.39 is 5.69 Å². The van der Waals surface area contributed by atoms with Crippen LogP contribution in [0.1, 0.15) is 6.23 Å². The van der Waals surface area contributed by atoms with Crippen molar-refractivity contribution in [2.75, 3.05) is 16.8 Å². The number of halogens is 1. The number of anilines is 1. The van der Waals surface area contributed by atoms with Crippen molar-refractivity contribution in [3.8, 4) is 0 Å². The van der Waals surface area contributed by atoms with Crippen molar-refractivity contribution in [2.45, 2.75) is 12.3 Å². The summed E-state index contributed by atoms with van der Waals surface area (Å²) in [5.74, 6) is 0.332. The standard InChI is InChI=1S/C9H12IN3O3/c10-3-5-6(4-14)16-8(5)13-2-1-7(11)12-9(13)15/h1-2,5-6,8,14H,3-4H2,(H2,11,12,15)/t5-,6-,8-/m1/s1. The molecule has 0 unspecified atom stereocenters. The highest BCUT2D eigenvalue weighted by molar-refractivity contribution is 14.1. The van der Waals surface area contributed by atoms with Gasteiger partial charge in [0, 0.05) is 16.5 Å². The molecule has 1 fully saturated rings. The van der Waals surface area contributed by atoms with Crippen LogP contribution in [-0.4, -0.2) is 31.8 Å². The number of ether oxygens (including phenoxy) is 1. The summed E-state index contributed by atoms with van der Waals surface area (Å²) in [4.78, 5) is 15.2. The first-order valence-electron chi connectivity index (χ1n) is 4.84. The molecule has 7 heteroatoms. The van der Waals surface area contributed by atoms with Gasteiger partial charge in [0.25, 0.3) is 0 Å². The molecule has 0 aliphatic carbocycles. The molecule has 88 valence electrons. The SMILES string of the molecule is Nc1ccn([C@@H]2O[C@H](CO)[C@H]2CI)c(=O)n1. The summed E-state index contributed by atoms with van der Waals surface area (Å²) in [5.41, 5.74) is 4.98. The Morgan fingerprint density at radius 3 is 3.00 bits per heavy atom. The minimum Gasteiger partial charge on any atom is -0.394 e. The van der Waals surface area contributed by atoms with Crippen LogP contribution in [0.5, 0.6) is 0 Å². The summed E-state index contributed by atoms with van der Waals surface area (Å²) in [6.07, 6.45) is 1.04. The highest BCUT2D eigenvalue weighted by Crippen LogP contribution is 2.37. The van der Waals surface area contributed by atoms with Gasteiger partial charge in [0.15, 0.2) is 0 Å². The van der Waals surface area contributed by atoms with Gasteiger partial charge in [0.2, 0.25) is 0 Å². The topological polar surface area (TPSA) is 90.4 Å². The Labute approximate surface area is 106 Å². The first-order valence-corrected chi connectivity index (χ1v) is 6.37. The van der Waals surface area contributed by atoms with Crippen LogP contribution in [0.25, 0.3) is 0 Å². The second kappa shape index (κ2) is 4.68. The molecule has 16 heavy (non-hydrogen) atoms. The fraction of sp³-hybridized carbons (Fsp3) is 0.556. The summed E-state index contributed by atoms with van der Waals surface area (Å²) < 4.78 is 7.64. The molecule has 0 aromatic carbocycles. The summed E-state index contributed by atoms with van der Waals surface area (Å²) in [5, 5.41) is 9.01. The molecule has 0 bridgehead atoms. The number of rotatable bonds is 3. The first-order chi connectivity index (χ1) is 7.67. The van der Waals surface area contributed by atoms with Crippen LogP contribution < -0.4 is 11.4 Å². The number of nitrogens with two attached hydrogens (primary N) is 1. The van der Waals surface area contributed by atoms with Gasteiger partial charge in [-0.1, -0.05) is 22.6 Å². The van der Waals surface area contributed by atoms with Crippen molar-refractivity contribution < 1.29 is 9.84 Å². The van der Waals surface area contributed by atoms with E-state index in [0.717, 1.165) is 4.43 Å². The average molecular weight is 337 g/mol. The Morgan fingerprint density at radius 1 is 1.69 bits per heavy atom. The van der Waals surface area contributed by atoms with E-state index in [4.69, 9.17) is 15.6 Å². The largest absolute Gasteiger partial charge is 0.394 e. The number of nitrogen functional groups attached to an aromatic ring is 1. The molecule has 1 saturated heterocycles. The van der Waals surface area contributed by atoms with E-state index in [0.29, 0.717) is 0 Å². The molecule has 0 amide bonds. The molecular formula is C9H12IN3O3. The Hall–Kier alpha value is -0.670. The van der Waals surface area contributed by atoms with Gasteiger partial charge in [-0.15, -0.1) is 0 Å². The van der Waals surface area contributed by atoms with Gasteiger partial charge < -0.3 is 15.6 Å². The molecular weight excluding hydrogens is 325 g/mol. The van der Waals surface area contributed by atoms with E-state index in [1.54, 1.807) is 12.3 Å². The molecule has 6 nitrogen and oxygen atoms in total. The van der Waals surface area contributed by atoms with Crippen LogP contribution in [0, 0.1) is 5.92 Å². The lowest BCUT2D eigenvalue weighted by Crippen LogP contribution is -2.51. The van der Waals surface area contributed by atoms with Gasteiger partial charge in [-0.25, -0.2) is 4.79 Å². The lowest BCUT2D eigenvalue weighted by molar-refractivity contribution is -0.227. The molecule has 0 radical (unpaired) electrons. The van der Waals surface area contributed by atoms with Crippen LogP contribution in [-0.2, 0) is 4.74 Å². The Balaban J connectivity index is 2.23. The summed E-state index contributed by atoms with van der Waals surface area (Å²) in [6, 6.07) is 1.56. The van der Waals surface area contributed by atoms with E-state index in [2.05, 4.69) is 27.6 Å². The minimum atomic E-state index is -0.420. The van der Waals surface area contributed by atoms with Gasteiger partial charge in [-0.05, 0) is 6.07 Å².